The van der Waals surface area contributed by atoms with Crippen molar-refractivity contribution in [3.05, 3.63) is 108 Å². The first kappa shape index (κ1) is 17.9. The molecule has 0 fully saturated rings. The van der Waals surface area contributed by atoms with Gasteiger partial charge in [-0.3, -0.25) is 4.98 Å². The smallest absolute Gasteiger partial charge is 0.255 e. The molecular weight excluding hydrogens is 370 g/mol. The van der Waals surface area contributed by atoms with Crippen LogP contribution < -0.4 is 4.83 Å². The van der Waals surface area contributed by atoms with Crippen LogP contribution >= 0.6 is 0 Å². The van der Waals surface area contributed by atoms with Crippen LogP contribution in [0.3, 0.4) is 0 Å². The third-order valence-electron chi connectivity index (χ3n) is 4.26. The van der Waals surface area contributed by atoms with Crippen molar-refractivity contribution in [1.29, 1.82) is 0 Å². The van der Waals surface area contributed by atoms with Gasteiger partial charge in [-0.1, -0.05) is 66.7 Å². The van der Waals surface area contributed by atoms with Crippen molar-refractivity contribution < 1.29 is 8.42 Å². The summed E-state index contributed by atoms with van der Waals surface area (Å²) in [5, 5.41) is 6.03. The summed E-state index contributed by atoms with van der Waals surface area (Å²) in [4.78, 5) is 6.82. The molecule has 28 heavy (non-hydrogen) atoms. The minimum atomic E-state index is -3.83. The second-order valence-corrected chi connectivity index (χ2v) is 7.81. The van der Waals surface area contributed by atoms with Crippen LogP contribution in [0.1, 0.15) is 11.3 Å². The predicted molar refractivity (Wildman–Crippen MR) is 111 cm³/mol. The molecule has 1 heterocycles. The number of hydrazone groups is 1. The molecule has 138 valence electrons. The monoisotopic (exact) mass is 387 g/mol. The largest absolute Gasteiger partial charge is 0.276 e. The summed E-state index contributed by atoms with van der Waals surface area (Å²) in [6.45, 7) is 0. The maximum Gasteiger partial charge on any atom is 0.276 e. The highest BCUT2D eigenvalue weighted by Crippen LogP contribution is 2.19. The Labute approximate surface area is 163 Å². The Morgan fingerprint density at radius 3 is 2.25 bits per heavy atom. The first-order valence-corrected chi connectivity index (χ1v) is 10.2. The molecule has 0 bridgehead atoms. The Bertz CT molecular complexity index is 1200. The Morgan fingerprint density at radius 1 is 0.786 bits per heavy atom. The Kier molecular flexibility index (Phi) is 4.87. The van der Waals surface area contributed by atoms with E-state index in [9.17, 15) is 8.42 Å². The lowest BCUT2D eigenvalue weighted by Crippen LogP contribution is -2.21. The second kappa shape index (κ2) is 7.62. The molecule has 0 aliphatic rings. The summed E-state index contributed by atoms with van der Waals surface area (Å²) < 4.78 is 25.6. The van der Waals surface area contributed by atoms with Crippen LogP contribution in [0.5, 0.6) is 0 Å². The zero-order valence-electron chi connectivity index (χ0n) is 14.9. The fraction of sp³-hybridized carbons (Fsp3) is 0. The zero-order chi connectivity index (χ0) is 19.4. The lowest BCUT2D eigenvalue weighted by Gasteiger charge is -2.09. The van der Waals surface area contributed by atoms with Crippen molar-refractivity contribution in [2.45, 2.75) is 4.90 Å². The van der Waals surface area contributed by atoms with Gasteiger partial charge in [-0.05, 0) is 35.0 Å². The van der Waals surface area contributed by atoms with E-state index in [0.717, 1.165) is 16.3 Å². The van der Waals surface area contributed by atoms with E-state index in [1.54, 1.807) is 36.5 Å². The quantitative estimate of drug-likeness (QED) is 0.416. The Morgan fingerprint density at radius 2 is 1.50 bits per heavy atom. The molecule has 0 aliphatic heterocycles. The van der Waals surface area contributed by atoms with Gasteiger partial charge >= 0.3 is 0 Å². The van der Waals surface area contributed by atoms with Gasteiger partial charge in [-0.25, -0.2) is 0 Å². The molecule has 0 saturated carbocycles. The number of hydrogen-bond acceptors (Lipinski definition) is 4. The van der Waals surface area contributed by atoms with Crippen LogP contribution in [0, 0.1) is 0 Å². The number of hydrogen-bond donors (Lipinski definition) is 1. The third kappa shape index (κ3) is 3.77. The average molecular weight is 387 g/mol. The van der Waals surface area contributed by atoms with Gasteiger partial charge in [0.2, 0.25) is 0 Å². The summed E-state index contributed by atoms with van der Waals surface area (Å²) in [7, 11) is -3.83. The van der Waals surface area contributed by atoms with Crippen LogP contribution in [0.15, 0.2) is 107 Å². The number of benzene rings is 3. The SMILES string of the molecule is O=S(=O)(NN=C(c1ccccc1)c1ccccn1)c1ccc2ccccc2c1. The summed E-state index contributed by atoms with van der Waals surface area (Å²) in [5.74, 6) is 0. The van der Waals surface area contributed by atoms with Gasteiger partial charge in [-0.15, -0.1) is 0 Å². The maximum absolute atomic E-state index is 12.8. The molecule has 0 aliphatic carbocycles. The minimum Gasteiger partial charge on any atom is -0.255 e. The minimum absolute atomic E-state index is 0.156. The standard InChI is InChI=1S/C22H17N3O2S/c26-28(27,20-14-13-17-8-4-5-11-19(17)16-20)25-24-22(18-9-2-1-3-10-18)21-12-6-7-15-23-21/h1-16,25H. The molecule has 0 atom stereocenters. The van der Waals surface area contributed by atoms with Crippen LogP contribution in [0.4, 0.5) is 0 Å². The van der Waals surface area contributed by atoms with Crippen LogP contribution in [-0.4, -0.2) is 19.1 Å². The molecule has 4 aromatic rings. The molecule has 3 aromatic carbocycles. The maximum atomic E-state index is 12.8. The van der Waals surface area contributed by atoms with E-state index in [2.05, 4.69) is 14.9 Å². The molecule has 0 spiro atoms. The van der Waals surface area contributed by atoms with Gasteiger partial charge in [0.25, 0.3) is 10.0 Å². The Balaban J connectivity index is 1.72. The first-order chi connectivity index (χ1) is 13.6. The van der Waals surface area contributed by atoms with E-state index in [0.29, 0.717) is 11.4 Å². The second-order valence-electron chi connectivity index (χ2n) is 6.15. The van der Waals surface area contributed by atoms with Crippen molar-refractivity contribution in [2.75, 3.05) is 0 Å². The summed E-state index contributed by atoms with van der Waals surface area (Å²) in [6, 6.07) is 27.3. The molecule has 0 saturated heterocycles. The zero-order valence-corrected chi connectivity index (χ0v) is 15.7. The van der Waals surface area contributed by atoms with Crippen LogP contribution in [0.25, 0.3) is 10.8 Å². The molecule has 1 N–H and O–H groups in total. The van der Waals surface area contributed by atoms with E-state index in [4.69, 9.17) is 0 Å². The highest BCUT2D eigenvalue weighted by molar-refractivity contribution is 7.89. The molecule has 1 aromatic heterocycles. The lowest BCUT2D eigenvalue weighted by molar-refractivity contribution is 0.584. The van der Waals surface area contributed by atoms with Gasteiger partial charge < -0.3 is 0 Å². The number of pyridine rings is 1. The molecule has 4 rings (SSSR count). The van der Waals surface area contributed by atoms with Gasteiger partial charge in [0.15, 0.2) is 0 Å². The molecular formula is C22H17N3O2S. The van der Waals surface area contributed by atoms with E-state index in [1.807, 2.05) is 60.7 Å². The fourth-order valence-electron chi connectivity index (χ4n) is 2.86. The fourth-order valence-corrected chi connectivity index (χ4v) is 3.71. The summed E-state index contributed by atoms with van der Waals surface area (Å²) in [6.07, 6.45) is 1.64. The molecule has 0 amide bonds. The van der Waals surface area contributed by atoms with Gasteiger partial charge in [0.05, 0.1) is 10.6 Å². The van der Waals surface area contributed by atoms with E-state index < -0.39 is 10.0 Å². The summed E-state index contributed by atoms with van der Waals surface area (Å²) >= 11 is 0. The highest BCUT2D eigenvalue weighted by Gasteiger charge is 2.15. The van der Waals surface area contributed by atoms with Crippen LogP contribution in [0.2, 0.25) is 0 Å². The number of nitrogens with zero attached hydrogens (tertiary/aromatic N) is 2. The van der Waals surface area contributed by atoms with Crippen LogP contribution in [-0.2, 0) is 10.0 Å². The molecule has 0 radical (unpaired) electrons. The van der Waals surface area contributed by atoms with Crippen molar-refractivity contribution >= 4 is 26.5 Å². The first-order valence-electron chi connectivity index (χ1n) is 8.69. The lowest BCUT2D eigenvalue weighted by atomic mass is 10.1. The molecule has 5 nitrogen and oxygen atoms in total. The third-order valence-corrected chi connectivity index (χ3v) is 5.47. The van der Waals surface area contributed by atoms with Crippen molar-refractivity contribution in [1.82, 2.24) is 9.82 Å². The van der Waals surface area contributed by atoms with E-state index in [1.165, 1.54) is 0 Å². The van der Waals surface area contributed by atoms with E-state index >= 15 is 0 Å². The van der Waals surface area contributed by atoms with Gasteiger partial charge in [0.1, 0.15) is 5.71 Å². The molecule has 6 heteroatoms. The average Bonchev–Trinajstić information content (AvgIpc) is 2.75. The normalized spacial score (nSPS) is 12.1. The topological polar surface area (TPSA) is 71.4 Å². The number of rotatable bonds is 5. The van der Waals surface area contributed by atoms with Crippen molar-refractivity contribution in [2.24, 2.45) is 5.10 Å². The number of aromatic nitrogens is 1. The molecule has 0 unspecified atom stereocenters. The van der Waals surface area contributed by atoms with Crippen molar-refractivity contribution in [3.8, 4) is 0 Å². The highest BCUT2D eigenvalue weighted by atomic mass is 32.2. The van der Waals surface area contributed by atoms with Gasteiger partial charge in [0, 0.05) is 11.8 Å². The number of nitrogens with one attached hydrogen (secondary N) is 1. The van der Waals surface area contributed by atoms with E-state index in [-0.39, 0.29) is 4.90 Å². The van der Waals surface area contributed by atoms with Crippen molar-refractivity contribution in [3.63, 3.8) is 0 Å². The van der Waals surface area contributed by atoms with Gasteiger partial charge in [-0.2, -0.15) is 18.4 Å². The number of sulfonamides is 1. The summed E-state index contributed by atoms with van der Waals surface area (Å²) in [5.41, 5.74) is 1.79. The Hall–Kier alpha value is -3.51. The predicted octanol–water partition coefficient (Wildman–Crippen LogP) is 3.97. The number of fused-ring (bicyclic) bond motifs is 1.